The fourth-order valence-electron chi connectivity index (χ4n) is 1.45. The van der Waals surface area contributed by atoms with Crippen molar-refractivity contribution >= 4 is 23.4 Å². The van der Waals surface area contributed by atoms with Gasteiger partial charge in [0.2, 0.25) is 5.91 Å². The van der Waals surface area contributed by atoms with Crippen LogP contribution < -0.4 is 5.32 Å². The molecule has 3 nitrogen and oxygen atoms in total. The molecule has 0 aliphatic heterocycles. The highest BCUT2D eigenvalue weighted by atomic mass is 32.2. The van der Waals surface area contributed by atoms with E-state index in [0.717, 1.165) is 4.90 Å². The van der Waals surface area contributed by atoms with Gasteiger partial charge in [-0.2, -0.15) is 0 Å². The zero-order chi connectivity index (χ0) is 13.7. The zero-order valence-corrected chi connectivity index (χ0v) is 11.2. The van der Waals surface area contributed by atoms with E-state index in [1.165, 1.54) is 17.8 Å². The van der Waals surface area contributed by atoms with Crippen LogP contribution in [-0.4, -0.2) is 16.6 Å². The van der Waals surface area contributed by atoms with E-state index >= 15 is 0 Å². The number of thioether (sulfide) groups is 1. The first-order chi connectivity index (χ1) is 9.15. The van der Waals surface area contributed by atoms with Gasteiger partial charge < -0.3 is 5.32 Å². The van der Waals surface area contributed by atoms with E-state index in [1.54, 1.807) is 31.5 Å². The van der Waals surface area contributed by atoms with Crippen LogP contribution in [0.15, 0.2) is 47.6 Å². The van der Waals surface area contributed by atoms with Gasteiger partial charge in [-0.1, -0.05) is 6.07 Å². The first kappa shape index (κ1) is 13.5. The second kappa shape index (κ2) is 6.33. The summed E-state index contributed by atoms with van der Waals surface area (Å²) in [7, 11) is 0. The molecule has 1 aromatic heterocycles. The van der Waals surface area contributed by atoms with E-state index in [9.17, 15) is 9.18 Å². The Balaban J connectivity index is 1.89. The molecule has 1 N–H and O–H groups in total. The van der Waals surface area contributed by atoms with Gasteiger partial charge in [0.05, 0.1) is 5.75 Å². The number of pyridine rings is 1. The van der Waals surface area contributed by atoms with Gasteiger partial charge in [-0.05, 0) is 36.8 Å². The highest BCUT2D eigenvalue weighted by Crippen LogP contribution is 2.17. The smallest absolute Gasteiger partial charge is 0.234 e. The number of nitrogens with one attached hydrogen (secondary N) is 1. The summed E-state index contributed by atoms with van der Waals surface area (Å²) in [6, 6.07) is 8.33. The number of amides is 1. The lowest BCUT2D eigenvalue weighted by atomic mass is 10.2. The molecular formula is C14H13FN2OS. The van der Waals surface area contributed by atoms with E-state index in [2.05, 4.69) is 10.3 Å². The summed E-state index contributed by atoms with van der Waals surface area (Å²) in [5.74, 6) is -0.205. The van der Waals surface area contributed by atoms with Gasteiger partial charge in [0, 0.05) is 23.0 Å². The van der Waals surface area contributed by atoms with Crippen LogP contribution in [0.2, 0.25) is 0 Å². The van der Waals surface area contributed by atoms with Gasteiger partial charge in [0.25, 0.3) is 0 Å². The minimum absolute atomic E-state index is 0.162. The lowest BCUT2D eigenvalue weighted by molar-refractivity contribution is -0.113. The Morgan fingerprint density at radius 3 is 2.74 bits per heavy atom. The van der Waals surface area contributed by atoms with E-state index in [4.69, 9.17) is 0 Å². The monoisotopic (exact) mass is 276 g/mol. The van der Waals surface area contributed by atoms with Crippen LogP contribution in [-0.2, 0) is 4.79 Å². The van der Waals surface area contributed by atoms with Crippen molar-refractivity contribution in [3.63, 3.8) is 0 Å². The van der Waals surface area contributed by atoms with Crippen LogP contribution in [0.4, 0.5) is 10.1 Å². The van der Waals surface area contributed by atoms with Crippen molar-refractivity contribution in [2.75, 3.05) is 11.1 Å². The maximum absolute atomic E-state index is 13.3. The molecule has 0 aliphatic carbocycles. The number of hydrogen-bond acceptors (Lipinski definition) is 3. The average molecular weight is 276 g/mol. The van der Waals surface area contributed by atoms with Crippen LogP contribution in [0.25, 0.3) is 0 Å². The van der Waals surface area contributed by atoms with Gasteiger partial charge in [0.15, 0.2) is 0 Å². The molecule has 0 atom stereocenters. The summed E-state index contributed by atoms with van der Waals surface area (Å²) in [6.07, 6.45) is 3.35. The number of rotatable bonds is 4. The molecule has 0 bridgehead atoms. The summed E-state index contributed by atoms with van der Waals surface area (Å²) in [5.41, 5.74) is 1.03. The SMILES string of the molecule is Cc1ccc(NC(=O)CSc2ccncc2)cc1F. The van der Waals surface area contributed by atoms with Crippen molar-refractivity contribution in [1.29, 1.82) is 0 Å². The predicted molar refractivity (Wildman–Crippen MR) is 74.7 cm³/mol. The second-order valence-electron chi connectivity index (χ2n) is 3.98. The Bertz CT molecular complexity index is 575. The molecule has 1 amide bonds. The molecule has 0 spiro atoms. The highest BCUT2D eigenvalue weighted by Gasteiger charge is 2.05. The molecule has 0 fully saturated rings. The van der Waals surface area contributed by atoms with Crippen LogP contribution in [0.5, 0.6) is 0 Å². The molecule has 1 heterocycles. The average Bonchev–Trinajstić information content (AvgIpc) is 2.42. The molecule has 19 heavy (non-hydrogen) atoms. The molecule has 0 unspecified atom stereocenters. The maximum atomic E-state index is 13.3. The third-order valence-electron chi connectivity index (χ3n) is 2.48. The minimum Gasteiger partial charge on any atom is -0.325 e. The van der Waals surface area contributed by atoms with E-state index in [0.29, 0.717) is 11.3 Å². The van der Waals surface area contributed by atoms with Crippen molar-refractivity contribution in [3.05, 3.63) is 54.1 Å². The van der Waals surface area contributed by atoms with Crippen molar-refractivity contribution < 1.29 is 9.18 Å². The molecule has 0 saturated carbocycles. The summed E-state index contributed by atoms with van der Waals surface area (Å²) < 4.78 is 13.3. The number of aromatic nitrogens is 1. The van der Waals surface area contributed by atoms with Gasteiger partial charge in [-0.3, -0.25) is 9.78 Å². The number of halogens is 1. The Labute approximate surface area is 115 Å². The number of benzene rings is 1. The third kappa shape index (κ3) is 4.06. The van der Waals surface area contributed by atoms with E-state index in [1.807, 2.05) is 12.1 Å². The Kier molecular flexibility index (Phi) is 4.52. The normalized spacial score (nSPS) is 10.2. The first-order valence-corrected chi connectivity index (χ1v) is 6.72. The Hall–Kier alpha value is -1.88. The van der Waals surface area contributed by atoms with Gasteiger partial charge in [-0.25, -0.2) is 4.39 Å². The summed E-state index contributed by atoms with van der Waals surface area (Å²) in [5, 5.41) is 2.66. The second-order valence-corrected chi connectivity index (χ2v) is 5.03. The van der Waals surface area contributed by atoms with Crippen molar-refractivity contribution in [3.8, 4) is 0 Å². The molecule has 0 radical (unpaired) electrons. The van der Waals surface area contributed by atoms with Crippen LogP contribution in [0.3, 0.4) is 0 Å². The molecule has 0 saturated heterocycles. The summed E-state index contributed by atoms with van der Waals surface area (Å²) in [4.78, 5) is 16.6. The first-order valence-electron chi connectivity index (χ1n) is 5.74. The number of hydrogen-bond donors (Lipinski definition) is 1. The molecule has 2 rings (SSSR count). The zero-order valence-electron chi connectivity index (χ0n) is 10.4. The van der Waals surface area contributed by atoms with Gasteiger partial charge >= 0.3 is 0 Å². The Morgan fingerprint density at radius 1 is 1.32 bits per heavy atom. The number of nitrogens with zero attached hydrogens (tertiary/aromatic N) is 1. The van der Waals surface area contributed by atoms with Crippen molar-refractivity contribution in [2.24, 2.45) is 0 Å². The maximum Gasteiger partial charge on any atom is 0.234 e. The molecule has 1 aromatic carbocycles. The molecule has 98 valence electrons. The standard InChI is InChI=1S/C14H13FN2OS/c1-10-2-3-11(8-13(10)15)17-14(18)9-19-12-4-6-16-7-5-12/h2-8H,9H2,1H3,(H,17,18). The fourth-order valence-corrected chi connectivity index (χ4v) is 2.14. The molecule has 0 aliphatic rings. The van der Waals surface area contributed by atoms with Gasteiger partial charge in [-0.15, -0.1) is 11.8 Å². The fraction of sp³-hybridized carbons (Fsp3) is 0.143. The van der Waals surface area contributed by atoms with Crippen molar-refractivity contribution in [2.45, 2.75) is 11.8 Å². The van der Waals surface area contributed by atoms with Gasteiger partial charge in [0.1, 0.15) is 5.82 Å². The summed E-state index contributed by atoms with van der Waals surface area (Å²) in [6.45, 7) is 1.68. The number of carbonyl (C=O) groups is 1. The number of anilines is 1. The lowest BCUT2D eigenvalue weighted by Gasteiger charge is -2.06. The molecular weight excluding hydrogens is 263 g/mol. The molecule has 5 heteroatoms. The van der Waals surface area contributed by atoms with E-state index in [-0.39, 0.29) is 17.5 Å². The predicted octanol–water partition coefficient (Wildman–Crippen LogP) is 3.26. The quantitative estimate of drug-likeness (QED) is 0.872. The number of carbonyl (C=O) groups excluding carboxylic acids is 1. The van der Waals surface area contributed by atoms with E-state index < -0.39 is 0 Å². The van der Waals surface area contributed by atoms with Crippen molar-refractivity contribution in [1.82, 2.24) is 4.98 Å². The molecule has 2 aromatic rings. The minimum atomic E-state index is -0.320. The summed E-state index contributed by atoms with van der Waals surface area (Å²) >= 11 is 1.41. The third-order valence-corrected chi connectivity index (χ3v) is 3.49. The van der Waals surface area contributed by atoms with Crippen LogP contribution in [0, 0.1) is 12.7 Å². The van der Waals surface area contributed by atoms with Crippen LogP contribution in [0.1, 0.15) is 5.56 Å². The highest BCUT2D eigenvalue weighted by molar-refractivity contribution is 8.00. The number of aryl methyl sites for hydroxylation is 1. The van der Waals surface area contributed by atoms with Crippen LogP contribution >= 0.6 is 11.8 Å². The largest absolute Gasteiger partial charge is 0.325 e. The lowest BCUT2D eigenvalue weighted by Crippen LogP contribution is -2.14. The Morgan fingerprint density at radius 2 is 2.05 bits per heavy atom. The topological polar surface area (TPSA) is 42.0 Å².